The molecule has 1 N–H and O–H groups in total. The molecule has 1 aliphatic carbocycles. The van der Waals surface area contributed by atoms with Crippen molar-refractivity contribution in [3.8, 4) is 0 Å². The van der Waals surface area contributed by atoms with Gasteiger partial charge in [-0.2, -0.15) is 13.2 Å². The van der Waals surface area contributed by atoms with E-state index in [9.17, 15) is 13.2 Å². The highest BCUT2D eigenvalue weighted by molar-refractivity contribution is 4.88. The van der Waals surface area contributed by atoms with Gasteiger partial charge in [0.1, 0.15) is 0 Å². The molecule has 0 aromatic heterocycles. The minimum atomic E-state index is -4.10. The van der Waals surface area contributed by atoms with E-state index in [1.54, 1.807) is 6.92 Å². The van der Waals surface area contributed by atoms with Crippen LogP contribution in [0.25, 0.3) is 0 Å². The van der Waals surface area contributed by atoms with Crippen LogP contribution in [0.4, 0.5) is 13.2 Å². The monoisotopic (exact) mass is 280 g/mol. The minimum absolute atomic E-state index is 0.309. The van der Waals surface area contributed by atoms with Gasteiger partial charge in [-0.15, -0.1) is 0 Å². The lowest BCUT2D eigenvalue weighted by Gasteiger charge is -2.42. The van der Waals surface area contributed by atoms with Crippen LogP contribution in [0.1, 0.15) is 33.6 Å². The molecular formula is C14H27F3N2. The Morgan fingerprint density at radius 1 is 1.21 bits per heavy atom. The van der Waals surface area contributed by atoms with Gasteiger partial charge in [0.2, 0.25) is 0 Å². The standard InChI is InChI=1S/C14H27F3N2/c1-5-19(9-14(15,16)17)8-12-11(3)6-10(2)7-13(12)18-4/h10-13,18H,5-9H2,1-4H3. The quantitative estimate of drug-likeness (QED) is 0.832. The Bertz CT molecular complexity index is 268. The molecule has 1 saturated carbocycles. The van der Waals surface area contributed by atoms with Gasteiger partial charge < -0.3 is 5.32 Å². The number of nitrogens with one attached hydrogen (secondary N) is 1. The molecule has 4 unspecified atom stereocenters. The third kappa shape index (κ3) is 5.30. The van der Waals surface area contributed by atoms with E-state index >= 15 is 0 Å². The number of hydrogen-bond acceptors (Lipinski definition) is 2. The van der Waals surface area contributed by atoms with E-state index in [0.29, 0.717) is 36.9 Å². The SMILES string of the molecule is CCN(CC1C(C)CC(C)CC1NC)CC(F)(F)F. The van der Waals surface area contributed by atoms with Crippen molar-refractivity contribution in [2.75, 3.05) is 26.7 Å². The highest BCUT2D eigenvalue weighted by atomic mass is 19.4. The summed E-state index contributed by atoms with van der Waals surface area (Å²) in [6.45, 7) is 6.40. The van der Waals surface area contributed by atoms with Crippen molar-refractivity contribution < 1.29 is 13.2 Å². The lowest BCUT2D eigenvalue weighted by molar-refractivity contribution is -0.148. The Morgan fingerprint density at radius 3 is 2.32 bits per heavy atom. The maximum absolute atomic E-state index is 12.5. The lowest BCUT2D eigenvalue weighted by atomic mass is 9.72. The fourth-order valence-electron chi connectivity index (χ4n) is 3.41. The van der Waals surface area contributed by atoms with Crippen molar-refractivity contribution in [2.24, 2.45) is 17.8 Å². The highest BCUT2D eigenvalue weighted by Gasteiger charge is 2.36. The molecule has 5 heteroatoms. The number of halogens is 3. The molecule has 0 radical (unpaired) electrons. The van der Waals surface area contributed by atoms with Gasteiger partial charge in [0, 0.05) is 12.6 Å². The van der Waals surface area contributed by atoms with Crippen LogP contribution in [-0.4, -0.2) is 43.8 Å². The summed E-state index contributed by atoms with van der Waals surface area (Å²) in [7, 11) is 1.92. The zero-order valence-corrected chi connectivity index (χ0v) is 12.4. The van der Waals surface area contributed by atoms with E-state index in [2.05, 4.69) is 19.2 Å². The zero-order chi connectivity index (χ0) is 14.6. The summed E-state index contributed by atoms with van der Waals surface area (Å²) in [6, 6.07) is 0.334. The molecule has 0 heterocycles. The molecule has 0 aromatic rings. The van der Waals surface area contributed by atoms with Crippen LogP contribution >= 0.6 is 0 Å². The molecule has 1 aliphatic rings. The van der Waals surface area contributed by atoms with Crippen LogP contribution in [0.15, 0.2) is 0 Å². The number of nitrogens with zero attached hydrogens (tertiary/aromatic N) is 1. The lowest BCUT2D eigenvalue weighted by Crippen LogP contribution is -2.49. The third-order valence-corrected chi connectivity index (χ3v) is 4.37. The first-order valence-electron chi connectivity index (χ1n) is 7.23. The number of alkyl halides is 3. The van der Waals surface area contributed by atoms with Crippen LogP contribution in [0.2, 0.25) is 0 Å². The Labute approximate surface area is 114 Å². The third-order valence-electron chi connectivity index (χ3n) is 4.37. The largest absolute Gasteiger partial charge is 0.401 e. The van der Waals surface area contributed by atoms with Gasteiger partial charge in [0.25, 0.3) is 0 Å². The number of rotatable bonds is 5. The fraction of sp³-hybridized carbons (Fsp3) is 1.00. The first kappa shape index (κ1) is 16.8. The van der Waals surface area contributed by atoms with Crippen molar-refractivity contribution >= 4 is 0 Å². The van der Waals surface area contributed by atoms with Crippen molar-refractivity contribution in [1.29, 1.82) is 0 Å². The van der Waals surface area contributed by atoms with E-state index in [1.807, 2.05) is 7.05 Å². The maximum atomic E-state index is 12.5. The van der Waals surface area contributed by atoms with Gasteiger partial charge in [-0.1, -0.05) is 20.8 Å². The first-order valence-corrected chi connectivity index (χ1v) is 7.23. The summed E-state index contributed by atoms with van der Waals surface area (Å²) in [6.07, 6.45) is -1.92. The van der Waals surface area contributed by atoms with E-state index in [-0.39, 0.29) is 0 Å². The molecule has 0 spiro atoms. The van der Waals surface area contributed by atoms with Crippen LogP contribution in [0.3, 0.4) is 0 Å². The Hall–Kier alpha value is -0.290. The number of hydrogen-bond donors (Lipinski definition) is 1. The molecule has 0 saturated heterocycles. The van der Waals surface area contributed by atoms with Gasteiger partial charge >= 0.3 is 6.18 Å². The molecular weight excluding hydrogens is 253 g/mol. The molecule has 1 fully saturated rings. The molecule has 2 nitrogen and oxygen atoms in total. The van der Waals surface area contributed by atoms with Gasteiger partial charge in [0.05, 0.1) is 6.54 Å². The zero-order valence-electron chi connectivity index (χ0n) is 12.4. The molecule has 1 rings (SSSR count). The van der Waals surface area contributed by atoms with E-state index in [0.717, 1.165) is 12.8 Å². The normalized spacial score (nSPS) is 32.8. The molecule has 0 bridgehead atoms. The second-order valence-electron chi connectivity index (χ2n) is 6.06. The van der Waals surface area contributed by atoms with E-state index in [4.69, 9.17) is 0 Å². The molecule has 0 amide bonds. The predicted octanol–water partition coefficient (Wildman–Crippen LogP) is 3.14. The first-order chi connectivity index (χ1) is 8.76. The molecule has 0 aromatic carbocycles. The predicted molar refractivity (Wildman–Crippen MR) is 72.1 cm³/mol. The van der Waals surface area contributed by atoms with Crippen molar-refractivity contribution in [1.82, 2.24) is 10.2 Å². The van der Waals surface area contributed by atoms with Gasteiger partial charge in [0.15, 0.2) is 0 Å². The van der Waals surface area contributed by atoms with Crippen molar-refractivity contribution in [2.45, 2.75) is 45.8 Å². The maximum Gasteiger partial charge on any atom is 0.401 e. The fourth-order valence-corrected chi connectivity index (χ4v) is 3.41. The average Bonchev–Trinajstić information content (AvgIpc) is 2.29. The summed E-state index contributed by atoms with van der Waals surface area (Å²) in [5, 5.41) is 3.30. The van der Waals surface area contributed by atoms with E-state index in [1.165, 1.54) is 4.90 Å². The Morgan fingerprint density at radius 2 is 1.84 bits per heavy atom. The summed E-state index contributed by atoms with van der Waals surface area (Å²) in [4.78, 5) is 1.53. The van der Waals surface area contributed by atoms with Crippen molar-refractivity contribution in [3.05, 3.63) is 0 Å². The van der Waals surface area contributed by atoms with Gasteiger partial charge in [-0.05, 0) is 44.2 Å². The van der Waals surface area contributed by atoms with E-state index < -0.39 is 12.7 Å². The molecule has 0 aliphatic heterocycles. The summed E-state index contributed by atoms with van der Waals surface area (Å²) in [5.74, 6) is 1.44. The molecule has 114 valence electrons. The average molecular weight is 280 g/mol. The van der Waals surface area contributed by atoms with Crippen LogP contribution in [0, 0.1) is 17.8 Å². The molecule has 19 heavy (non-hydrogen) atoms. The van der Waals surface area contributed by atoms with Crippen LogP contribution in [-0.2, 0) is 0 Å². The second-order valence-corrected chi connectivity index (χ2v) is 6.06. The van der Waals surface area contributed by atoms with Gasteiger partial charge in [-0.25, -0.2) is 0 Å². The van der Waals surface area contributed by atoms with Crippen LogP contribution < -0.4 is 5.32 Å². The Kier molecular flexibility index (Phi) is 6.12. The van der Waals surface area contributed by atoms with Crippen LogP contribution in [0.5, 0.6) is 0 Å². The highest BCUT2D eigenvalue weighted by Crippen LogP contribution is 2.34. The minimum Gasteiger partial charge on any atom is -0.317 e. The van der Waals surface area contributed by atoms with Gasteiger partial charge in [-0.3, -0.25) is 4.90 Å². The second kappa shape index (κ2) is 6.93. The Balaban J connectivity index is 2.65. The summed E-state index contributed by atoms with van der Waals surface area (Å²) < 4.78 is 37.6. The summed E-state index contributed by atoms with van der Waals surface area (Å²) in [5.41, 5.74) is 0. The topological polar surface area (TPSA) is 15.3 Å². The smallest absolute Gasteiger partial charge is 0.317 e. The summed E-state index contributed by atoms with van der Waals surface area (Å²) >= 11 is 0. The van der Waals surface area contributed by atoms with Crippen molar-refractivity contribution in [3.63, 3.8) is 0 Å². The molecule has 4 atom stereocenters.